The van der Waals surface area contributed by atoms with Crippen molar-refractivity contribution in [2.24, 2.45) is 5.41 Å². The Morgan fingerprint density at radius 3 is 2.29 bits per heavy atom. The number of carbonyl (C=O) groups is 3. The third-order valence-corrected chi connectivity index (χ3v) is 3.78. The van der Waals surface area contributed by atoms with E-state index in [-0.39, 0.29) is 29.4 Å². The predicted molar refractivity (Wildman–Crippen MR) is 102 cm³/mol. The number of hydrogen-bond donors (Lipinski definition) is 1. The highest BCUT2D eigenvalue weighted by Crippen LogP contribution is 2.20. The lowest BCUT2D eigenvalue weighted by molar-refractivity contribution is -0.129. The average molecular weight is 387 g/mol. The molecule has 0 fully saturated rings. The highest BCUT2D eigenvalue weighted by molar-refractivity contribution is 5.95. The third kappa shape index (κ3) is 5.90. The predicted octanol–water partition coefficient (Wildman–Crippen LogP) is 3.62. The number of anilines is 1. The molecular formula is C21H22FNO5. The van der Waals surface area contributed by atoms with Crippen LogP contribution < -0.4 is 10.1 Å². The maximum Gasteiger partial charge on any atom is 0.342 e. The topological polar surface area (TPSA) is 81.7 Å². The quantitative estimate of drug-likeness (QED) is 0.734. The first-order chi connectivity index (χ1) is 13.2. The number of ketones is 1. The summed E-state index contributed by atoms with van der Waals surface area (Å²) in [6.07, 6.45) is 0. The second-order valence-corrected chi connectivity index (χ2v) is 7.06. The summed E-state index contributed by atoms with van der Waals surface area (Å²) < 4.78 is 24.0. The summed E-state index contributed by atoms with van der Waals surface area (Å²) in [4.78, 5) is 36.2. The SMILES string of the molecule is CC(C)(C)C(=O)COC(=O)c1ccccc1OCC(=O)Nc1ccccc1F. The number of rotatable bonds is 7. The molecule has 2 rings (SSSR count). The first-order valence-corrected chi connectivity index (χ1v) is 8.65. The molecule has 0 bridgehead atoms. The van der Waals surface area contributed by atoms with Crippen LogP contribution in [0, 0.1) is 11.2 Å². The number of benzene rings is 2. The molecule has 1 N–H and O–H groups in total. The molecule has 148 valence electrons. The van der Waals surface area contributed by atoms with Crippen molar-refractivity contribution < 1.29 is 28.2 Å². The molecule has 0 aliphatic carbocycles. The summed E-state index contributed by atoms with van der Waals surface area (Å²) in [6, 6.07) is 11.9. The van der Waals surface area contributed by atoms with Gasteiger partial charge in [-0.25, -0.2) is 9.18 Å². The van der Waals surface area contributed by atoms with Crippen LogP contribution in [0.3, 0.4) is 0 Å². The fourth-order valence-electron chi connectivity index (χ4n) is 2.08. The Bertz CT molecular complexity index is 873. The monoisotopic (exact) mass is 387 g/mol. The van der Waals surface area contributed by atoms with Gasteiger partial charge in [-0.15, -0.1) is 0 Å². The minimum atomic E-state index is -0.734. The molecule has 6 nitrogen and oxygen atoms in total. The van der Waals surface area contributed by atoms with Gasteiger partial charge in [0.25, 0.3) is 5.91 Å². The Labute approximate surface area is 162 Å². The maximum absolute atomic E-state index is 13.6. The van der Waals surface area contributed by atoms with Crippen LogP contribution in [-0.4, -0.2) is 30.9 Å². The minimum Gasteiger partial charge on any atom is -0.483 e. The summed E-state index contributed by atoms with van der Waals surface area (Å²) in [5, 5.41) is 2.39. The van der Waals surface area contributed by atoms with Gasteiger partial charge in [-0.3, -0.25) is 9.59 Å². The van der Waals surface area contributed by atoms with E-state index in [0.29, 0.717) is 0 Å². The Hall–Kier alpha value is -3.22. The summed E-state index contributed by atoms with van der Waals surface area (Å²) in [7, 11) is 0. The lowest BCUT2D eigenvalue weighted by atomic mass is 9.91. The summed E-state index contributed by atoms with van der Waals surface area (Å²) in [6.45, 7) is 4.40. The van der Waals surface area contributed by atoms with Gasteiger partial charge in [0.15, 0.2) is 19.0 Å². The van der Waals surface area contributed by atoms with Gasteiger partial charge in [0, 0.05) is 5.41 Å². The van der Waals surface area contributed by atoms with Gasteiger partial charge in [-0.2, -0.15) is 0 Å². The van der Waals surface area contributed by atoms with Crippen LogP contribution in [0.5, 0.6) is 5.75 Å². The number of hydrogen-bond acceptors (Lipinski definition) is 5. The molecule has 7 heteroatoms. The number of halogens is 1. The van der Waals surface area contributed by atoms with Crippen LogP contribution in [0.4, 0.5) is 10.1 Å². The van der Waals surface area contributed by atoms with Crippen molar-refractivity contribution in [2.75, 3.05) is 18.5 Å². The van der Waals surface area contributed by atoms with Crippen LogP contribution in [0.1, 0.15) is 31.1 Å². The van der Waals surface area contributed by atoms with E-state index in [0.717, 1.165) is 0 Å². The van der Waals surface area contributed by atoms with E-state index >= 15 is 0 Å². The molecule has 0 atom stereocenters. The molecule has 0 radical (unpaired) electrons. The molecule has 1 amide bonds. The minimum absolute atomic E-state index is 0.0319. The zero-order chi connectivity index (χ0) is 20.7. The van der Waals surface area contributed by atoms with Crippen molar-refractivity contribution in [1.29, 1.82) is 0 Å². The summed E-state index contributed by atoms with van der Waals surface area (Å²) in [5.41, 5.74) is -0.506. The van der Waals surface area contributed by atoms with Gasteiger partial charge in [0.05, 0.1) is 5.69 Å². The molecule has 0 aliphatic rings. The highest BCUT2D eigenvalue weighted by atomic mass is 19.1. The van der Waals surface area contributed by atoms with E-state index in [1.165, 1.54) is 30.3 Å². The molecule has 0 saturated carbocycles. The van der Waals surface area contributed by atoms with E-state index < -0.39 is 29.7 Å². The molecule has 2 aromatic carbocycles. The number of para-hydroxylation sites is 2. The number of ether oxygens (including phenoxy) is 2. The molecular weight excluding hydrogens is 365 g/mol. The van der Waals surface area contributed by atoms with Crippen LogP contribution in [-0.2, 0) is 14.3 Å². The Kier molecular flexibility index (Phi) is 6.87. The van der Waals surface area contributed by atoms with Crippen molar-refractivity contribution in [3.8, 4) is 5.75 Å². The second-order valence-electron chi connectivity index (χ2n) is 7.06. The second kappa shape index (κ2) is 9.12. The van der Waals surface area contributed by atoms with E-state index in [1.54, 1.807) is 39.0 Å². The van der Waals surface area contributed by atoms with Crippen LogP contribution in [0.15, 0.2) is 48.5 Å². The van der Waals surface area contributed by atoms with Crippen LogP contribution in [0.25, 0.3) is 0 Å². The van der Waals surface area contributed by atoms with Crippen molar-refractivity contribution in [2.45, 2.75) is 20.8 Å². The Morgan fingerprint density at radius 1 is 0.964 bits per heavy atom. The molecule has 0 spiro atoms. The first kappa shape index (κ1) is 21.1. The molecule has 0 aromatic heterocycles. The van der Waals surface area contributed by atoms with Crippen molar-refractivity contribution >= 4 is 23.3 Å². The van der Waals surface area contributed by atoms with Crippen LogP contribution in [0.2, 0.25) is 0 Å². The molecule has 2 aromatic rings. The maximum atomic E-state index is 13.6. The van der Waals surface area contributed by atoms with E-state index in [2.05, 4.69) is 5.32 Å². The lowest BCUT2D eigenvalue weighted by Crippen LogP contribution is -2.26. The van der Waals surface area contributed by atoms with E-state index in [1.807, 2.05) is 0 Å². The van der Waals surface area contributed by atoms with Crippen molar-refractivity contribution in [3.63, 3.8) is 0 Å². The molecule has 28 heavy (non-hydrogen) atoms. The van der Waals surface area contributed by atoms with Gasteiger partial charge in [0.1, 0.15) is 17.1 Å². The normalized spacial score (nSPS) is 10.9. The zero-order valence-corrected chi connectivity index (χ0v) is 16.0. The first-order valence-electron chi connectivity index (χ1n) is 8.65. The molecule has 0 aliphatic heterocycles. The third-order valence-electron chi connectivity index (χ3n) is 3.78. The number of nitrogens with one attached hydrogen (secondary N) is 1. The Balaban J connectivity index is 1.98. The Morgan fingerprint density at radius 2 is 1.61 bits per heavy atom. The number of carbonyl (C=O) groups excluding carboxylic acids is 3. The number of esters is 1. The van der Waals surface area contributed by atoms with E-state index in [4.69, 9.17) is 9.47 Å². The van der Waals surface area contributed by atoms with Gasteiger partial charge < -0.3 is 14.8 Å². The van der Waals surface area contributed by atoms with Gasteiger partial charge in [-0.05, 0) is 24.3 Å². The summed E-state index contributed by atoms with van der Waals surface area (Å²) in [5.74, 6) is -1.98. The highest BCUT2D eigenvalue weighted by Gasteiger charge is 2.23. The summed E-state index contributed by atoms with van der Waals surface area (Å²) >= 11 is 0. The molecule has 0 unspecified atom stereocenters. The zero-order valence-electron chi connectivity index (χ0n) is 16.0. The standard InChI is InChI=1S/C21H22FNO5/c1-21(2,3)18(24)12-28-20(26)14-8-4-7-11-17(14)27-13-19(25)23-16-10-6-5-9-15(16)22/h4-11H,12-13H2,1-3H3,(H,23,25). The fraction of sp³-hybridized carbons (Fsp3) is 0.286. The van der Waals surface area contributed by atoms with Gasteiger partial charge in [-0.1, -0.05) is 45.0 Å². The largest absolute Gasteiger partial charge is 0.483 e. The van der Waals surface area contributed by atoms with E-state index in [9.17, 15) is 18.8 Å². The lowest BCUT2D eigenvalue weighted by Gasteiger charge is -2.16. The van der Waals surface area contributed by atoms with Gasteiger partial charge >= 0.3 is 5.97 Å². The van der Waals surface area contributed by atoms with Crippen molar-refractivity contribution in [3.05, 3.63) is 59.9 Å². The number of Topliss-reactive ketones (excluding diaryl/α,β-unsaturated/α-hetero) is 1. The average Bonchev–Trinajstić information content (AvgIpc) is 2.65. The van der Waals surface area contributed by atoms with Crippen molar-refractivity contribution in [1.82, 2.24) is 0 Å². The number of amides is 1. The fourth-order valence-corrected chi connectivity index (χ4v) is 2.08. The molecule has 0 heterocycles. The molecule has 0 saturated heterocycles. The van der Waals surface area contributed by atoms with Gasteiger partial charge in [0.2, 0.25) is 0 Å². The van der Waals surface area contributed by atoms with Crippen LogP contribution >= 0.6 is 0 Å². The smallest absolute Gasteiger partial charge is 0.342 e.